The van der Waals surface area contributed by atoms with Gasteiger partial charge in [0.05, 0.1) is 11.9 Å². The van der Waals surface area contributed by atoms with Crippen molar-refractivity contribution in [1.82, 2.24) is 15.3 Å². The van der Waals surface area contributed by atoms with Crippen molar-refractivity contribution in [2.45, 2.75) is 13.0 Å². The molecule has 0 atom stereocenters. The average molecular weight is 240 g/mol. The molecule has 0 amide bonds. The van der Waals surface area contributed by atoms with Crippen molar-refractivity contribution in [3.05, 3.63) is 47.9 Å². The lowest BCUT2D eigenvalue weighted by Gasteiger charge is -2.18. The summed E-state index contributed by atoms with van der Waals surface area (Å²) in [6.45, 7) is 1.73. The van der Waals surface area contributed by atoms with E-state index >= 15 is 0 Å². The van der Waals surface area contributed by atoms with E-state index in [1.807, 2.05) is 19.4 Å². The van der Waals surface area contributed by atoms with Crippen LogP contribution < -0.4 is 10.2 Å². The summed E-state index contributed by atoms with van der Waals surface area (Å²) in [6.07, 6.45) is 4.72. The zero-order valence-corrected chi connectivity index (χ0v) is 10.4. The average Bonchev–Trinajstić information content (AvgIpc) is 2.83. The molecule has 0 unspecified atom stereocenters. The Kier molecular flexibility index (Phi) is 2.94. The van der Waals surface area contributed by atoms with Crippen molar-refractivity contribution >= 4 is 11.5 Å². The highest BCUT2D eigenvalue weighted by molar-refractivity contribution is 5.66. The lowest BCUT2D eigenvalue weighted by atomic mass is 10.2. The first-order chi connectivity index (χ1) is 8.88. The third-order valence-electron chi connectivity index (χ3n) is 3.19. The van der Waals surface area contributed by atoms with Gasteiger partial charge in [-0.05, 0) is 25.1 Å². The van der Waals surface area contributed by atoms with Crippen molar-refractivity contribution in [3.63, 3.8) is 0 Å². The number of fused-ring (bicyclic) bond motifs is 1. The van der Waals surface area contributed by atoms with E-state index in [9.17, 15) is 0 Å². The minimum absolute atomic E-state index is 0.746. The molecule has 1 aliphatic heterocycles. The van der Waals surface area contributed by atoms with Crippen molar-refractivity contribution in [1.29, 1.82) is 0 Å². The third-order valence-corrected chi connectivity index (χ3v) is 3.19. The van der Waals surface area contributed by atoms with Crippen LogP contribution in [-0.4, -0.2) is 23.6 Å². The Labute approximate surface area is 107 Å². The van der Waals surface area contributed by atoms with Gasteiger partial charge >= 0.3 is 0 Å². The summed E-state index contributed by atoms with van der Waals surface area (Å²) in [7, 11) is 1.92. The number of rotatable bonds is 3. The number of para-hydroxylation sites is 1. The van der Waals surface area contributed by atoms with Crippen molar-refractivity contribution in [2.75, 3.05) is 18.5 Å². The van der Waals surface area contributed by atoms with Crippen LogP contribution in [0.2, 0.25) is 0 Å². The molecule has 0 saturated carbocycles. The SMILES string of the molecule is CNCc1cncc(N2CCc3ccccc32)n1. The van der Waals surface area contributed by atoms with E-state index in [-0.39, 0.29) is 0 Å². The van der Waals surface area contributed by atoms with Gasteiger partial charge in [0.15, 0.2) is 5.82 Å². The van der Waals surface area contributed by atoms with E-state index < -0.39 is 0 Å². The highest BCUT2D eigenvalue weighted by atomic mass is 15.2. The molecule has 2 aromatic rings. The Hall–Kier alpha value is -1.94. The van der Waals surface area contributed by atoms with Gasteiger partial charge in [-0.2, -0.15) is 0 Å². The van der Waals surface area contributed by atoms with E-state index in [1.165, 1.54) is 11.3 Å². The van der Waals surface area contributed by atoms with Gasteiger partial charge in [-0.25, -0.2) is 4.98 Å². The molecule has 0 aliphatic carbocycles. The van der Waals surface area contributed by atoms with Crippen LogP contribution in [0.4, 0.5) is 11.5 Å². The number of hydrogen-bond donors (Lipinski definition) is 1. The Balaban J connectivity index is 1.94. The normalized spacial score (nSPS) is 13.7. The highest BCUT2D eigenvalue weighted by Crippen LogP contribution is 2.32. The predicted octanol–water partition coefficient (Wildman–Crippen LogP) is 1.89. The molecule has 92 valence electrons. The maximum Gasteiger partial charge on any atom is 0.151 e. The molecule has 1 aliphatic rings. The monoisotopic (exact) mass is 240 g/mol. The van der Waals surface area contributed by atoms with Crippen LogP contribution in [0.1, 0.15) is 11.3 Å². The Bertz CT molecular complexity index is 553. The van der Waals surface area contributed by atoms with E-state index in [0.29, 0.717) is 0 Å². The smallest absolute Gasteiger partial charge is 0.151 e. The molecule has 1 aromatic heterocycles. The lowest BCUT2D eigenvalue weighted by Crippen LogP contribution is -2.17. The molecule has 1 aromatic carbocycles. The van der Waals surface area contributed by atoms with E-state index in [4.69, 9.17) is 0 Å². The summed E-state index contributed by atoms with van der Waals surface area (Å²) in [5.41, 5.74) is 3.62. The first-order valence-electron chi connectivity index (χ1n) is 6.19. The molecular weight excluding hydrogens is 224 g/mol. The van der Waals surface area contributed by atoms with E-state index in [2.05, 4.69) is 44.5 Å². The van der Waals surface area contributed by atoms with E-state index in [1.54, 1.807) is 0 Å². The summed E-state index contributed by atoms with van der Waals surface area (Å²) >= 11 is 0. The maximum absolute atomic E-state index is 4.64. The molecule has 4 nitrogen and oxygen atoms in total. The number of aromatic nitrogens is 2. The van der Waals surface area contributed by atoms with Gasteiger partial charge in [0.25, 0.3) is 0 Å². The fraction of sp³-hybridized carbons (Fsp3) is 0.286. The zero-order chi connectivity index (χ0) is 12.4. The molecule has 0 saturated heterocycles. The van der Waals surface area contributed by atoms with Gasteiger partial charge in [-0.3, -0.25) is 4.98 Å². The van der Waals surface area contributed by atoms with Crippen LogP contribution in [0.3, 0.4) is 0 Å². The first-order valence-corrected chi connectivity index (χ1v) is 6.19. The molecule has 0 bridgehead atoms. The second-order valence-electron chi connectivity index (χ2n) is 4.43. The largest absolute Gasteiger partial charge is 0.325 e. The number of nitrogens with one attached hydrogen (secondary N) is 1. The number of anilines is 2. The molecule has 2 heterocycles. The van der Waals surface area contributed by atoms with Crippen molar-refractivity contribution < 1.29 is 0 Å². The minimum atomic E-state index is 0.746. The van der Waals surface area contributed by atoms with Crippen LogP contribution in [0, 0.1) is 0 Å². The highest BCUT2D eigenvalue weighted by Gasteiger charge is 2.20. The number of hydrogen-bond acceptors (Lipinski definition) is 4. The second kappa shape index (κ2) is 4.74. The molecule has 3 rings (SSSR count). The van der Waals surface area contributed by atoms with Gasteiger partial charge < -0.3 is 10.2 Å². The molecule has 0 radical (unpaired) electrons. The molecule has 0 fully saturated rings. The van der Waals surface area contributed by atoms with Crippen LogP contribution >= 0.6 is 0 Å². The molecule has 4 heteroatoms. The summed E-state index contributed by atoms with van der Waals surface area (Å²) in [4.78, 5) is 11.2. The summed E-state index contributed by atoms with van der Waals surface area (Å²) in [5, 5.41) is 3.10. The van der Waals surface area contributed by atoms with Gasteiger partial charge in [0.2, 0.25) is 0 Å². The van der Waals surface area contributed by atoms with Crippen molar-refractivity contribution in [3.8, 4) is 0 Å². The molecule has 0 spiro atoms. The van der Waals surface area contributed by atoms with E-state index in [0.717, 1.165) is 31.0 Å². The van der Waals surface area contributed by atoms with Crippen LogP contribution in [0.15, 0.2) is 36.7 Å². The van der Waals surface area contributed by atoms with Gasteiger partial charge in [-0.1, -0.05) is 18.2 Å². The quantitative estimate of drug-likeness (QED) is 0.889. The first kappa shape index (κ1) is 11.2. The maximum atomic E-state index is 4.64. The van der Waals surface area contributed by atoms with Crippen LogP contribution in [0.5, 0.6) is 0 Å². The van der Waals surface area contributed by atoms with Gasteiger partial charge in [-0.15, -0.1) is 0 Å². The lowest BCUT2D eigenvalue weighted by molar-refractivity contribution is 0.781. The number of benzene rings is 1. The minimum Gasteiger partial charge on any atom is -0.325 e. The fourth-order valence-electron chi connectivity index (χ4n) is 2.37. The van der Waals surface area contributed by atoms with Gasteiger partial charge in [0, 0.05) is 25.0 Å². The zero-order valence-electron chi connectivity index (χ0n) is 10.4. The molecular formula is C14H16N4. The molecule has 18 heavy (non-hydrogen) atoms. The van der Waals surface area contributed by atoms with Crippen LogP contribution in [-0.2, 0) is 13.0 Å². The Morgan fingerprint density at radius 3 is 3.06 bits per heavy atom. The Morgan fingerprint density at radius 1 is 1.28 bits per heavy atom. The van der Waals surface area contributed by atoms with Gasteiger partial charge in [0.1, 0.15) is 0 Å². The summed E-state index contributed by atoms with van der Waals surface area (Å²) < 4.78 is 0. The fourth-order valence-corrected chi connectivity index (χ4v) is 2.37. The number of nitrogens with zero attached hydrogens (tertiary/aromatic N) is 3. The Morgan fingerprint density at radius 2 is 2.17 bits per heavy atom. The van der Waals surface area contributed by atoms with Crippen molar-refractivity contribution in [2.24, 2.45) is 0 Å². The second-order valence-corrected chi connectivity index (χ2v) is 4.43. The summed E-state index contributed by atoms with van der Waals surface area (Å²) in [6, 6.07) is 8.49. The van der Waals surface area contributed by atoms with Crippen LogP contribution in [0.25, 0.3) is 0 Å². The molecule has 1 N–H and O–H groups in total. The topological polar surface area (TPSA) is 41.1 Å². The standard InChI is InChI=1S/C14H16N4/c1-15-8-12-9-16-10-14(17-12)18-7-6-11-4-2-3-5-13(11)18/h2-5,9-10,15H,6-8H2,1H3. The third kappa shape index (κ3) is 1.95. The summed E-state index contributed by atoms with van der Waals surface area (Å²) in [5.74, 6) is 0.938. The predicted molar refractivity (Wildman–Crippen MR) is 71.9 cm³/mol.